The first-order valence-electron chi connectivity index (χ1n) is 11.3. The maximum Gasteiger partial charge on any atom is 0.335 e. The van der Waals surface area contributed by atoms with Gasteiger partial charge in [-0.1, -0.05) is 13.8 Å². The zero-order chi connectivity index (χ0) is 25.1. The van der Waals surface area contributed by atoms with Crippen molar-refractivity contribution in [2.45, 2.75) is 44.1 Å². The molecule has 3 aromatic heterocycles. The number of methoxy groups -OCH3 is 1. The van der Waals surface area contributed by atoms with Crippen LogP contribution in [0.3, 0.4) is 0 Å². The third-order valence-electron chi connectivity index (χ3n) is 6.79. The molecule has 0 radical (unpaired) electrons. The highest BCUT2D eigenvalue weighted by molar-refractivity contribution is 5.94. The first kappa shape index (κ1) is 23.4. The standard InChI is InChI=1S/C25H26F2N4O4/c1-24(2,12-34-4)21-19(14-9-25(3,23(32)33)35-11-14)20-18(7-13-10-28-30-22(13)29-20)31(21)15-5-6-16(26)17(27)8-15/h5-8,10,14H,9,11-12H2,1-4H3,(H,32,33)(H,28,29,30)/t14-,25+/m0/s1. The Hall–Kier alpha value is -3.37. The average molecular weight is 485 g/mol. The van der Waals surface area contributed by atoms with E-state index in [0.29, 0.717) is 29.0 Å². The summed E-state index contributed by atoms with van der Waals surface area (Å²) in [5, 5.41) is 17.5. The smallest absolute Gasteiger partial charge is 0.335 e. The first-order valence-corrected chi connectivity index (χ1v) is 11.3. The third-order valence-corrected chi connectivity index (χ3v) is 6.79. The molecule has 0 amide bonds. The lowest BCUT2D eigenvalue weighted by molar-refractivity contribution is -0.157. The fourth-order valence-electron chi connectivity index (χ4n) is 5.17. The SMILES string of the molecule is COCC(C)(C)c1c([C@@H]2CO[C@@](C)(C(=O)O)C2)c2nc3[nH]ncc3cc2n1-c1ccc(F)c(F)c1. The Kier molecular flexibility index (Phi) is 5.41. The van der Waals surface area contributed by atoms with Crippen LogP contribution < -0.4 is 0 Å². The van der Waals surface area contributed by atoms with Crippen molar-refractivity contribution in [1.82, 2.24) is 19.7 Å². The number of pyridine rings is 1. The molecular weight excluding hydrogens is 458 g/mol. The van der Waals surface area contributed by atoms with Gasteiger partial charge in [0.05, 0.1) is 30.4 Å². The molecule has 4 heterocycles. The molecule has 184 valence electrons. The minimum Gasteiger partial charge on any atom is -0.479 e. The van der Waals surface area contributed by atoms with Gasteiger partial charge in [-0.15, -0.1) is 0 Å². The minimum absolute atomic E-state index is 0.179. The maximum atomic E-state index is 14.4. The predicted octanol–water partition coefficient (Wildman–Crippen LogP) is 4.45. The highest BCUT2D eigenvalue weighted by Gasteiger charge is 2.46. The van der Waals surface area contributed by atoms with Gasteiger partial charge in [-0.3, -0.25) is 5.10 Å². The second-order valence-electron chi connectivity index (χ2n) is 9.92. The number of hydrogen-bond acceptors (Lipinski definition) is 5. The number of carbonyl (C=O) groups is 1. The highest BCUT2D eigenvalue weighted by atomic mass is 19.2. The third kappa shape index (κ3) is 3.68. The van der Waals surface area contributed by atoms with Gasteiger partial charge >= 0.3 is 5.97 Å². The zero-order valence-corrected chi connectivity index (χ0v) is 19.9. The zero-order valence-electron chi connectivity index (χ0n) is 19.9. The Morgan fingerprint density at radius 3 is 2.77 bits per heavy atom. The Morgan fingerprint density at radius 2 is 2.11 bits per heavy atom. The van der Waals surface area contributed by atoms with Crippen molar-refractivity contribution in [3.8, 4) is 5.69 Å². The summed E-state index contributed by atoms with van der Waals surface area (Å²) >= 11 is 0. The van der Waals surface area contributed by atoms with Crippen molar-refractivity contribution >= 4 is 28.0 Å². The van der Waals surface area contributed by atoms with E-state index < -0.39 is 28.6 Å². The molecule has 1 aliphatic heterocycles. The molecule has 1 fully saturated rings. The van der Waals surface area contributed by atoms with Crippen molar-refractivity contribution in [3.05, 3.63) is 53.4 Å². The van der Waals surface area contributed by atoms with E-state index in [1.54, 1.807) is 20.2 Å². The number of halogens is 2. The lowest BCUT2D eigenvalue weighted by Gasteiger charge is -2.29. The van der Waals surface area contributed by atoms with Crippen molar-refractivity contribution in [3.63, 3.8) is 0 Å². The number of H-pyrrole nitrogens is 1. The molecule has 4 aromatic rings. The molecule has 5 rings (SSSR count). The second-order valence-corrected chi connectivity index (χ2v) is 9.92. The van der Waals surface area contributed by atoms with Gasteiger partial charge in [-0.05, 0) is 31.5 Å². The molecule has 1 saturated heterocycles. The number of aliphatic carboxylic acids is 1. The van der Waals surface area contributed by atoms with Crippen LogP contribution in [0.15, 0.2) is 30.5 Å². The fourth-order valence-corrected chi connectivity index (χ4v) is 5.17. The van der Waals surface area contributed by atoms with E-state index in [1.807, 2.05) is 24.5 Å². The van der Waals surface area contributed by atoms with Crippen molar-refractivity contribution in [1.29, 1.82) is 0 Å². The Balaban J connectivity index is 1.88. The van der Waals surface area contributed by atoms with Gasteiger partial charge in [0.1, 0.15) is 0 Å². The monoisotopic (exact) mass is 484 g/mol. The highest BCUT2D eigenvalue weighted by Crippen LogP contribution is 2.46. The van der Waals surface area contributed by atoms with Crippen molar-refractivity contribution in [2.24, 2.45) is 0 Å². The van der Waals surface area contributed by atoms with Gasteiger partial charge in [0.2, 0.25) is 0 Å². The van der Waals surface area contributed by atoms with E-state index in [9.17, 15) is 18.7 Å². The molecule has 2 N–H and O–H groups in total. The first-order chi connectivity index (χ1) is 16.6. The van der Waals surface area contributed by atoms with E-state index in [4.69, 9.17) is 14.5 Å². The van der Waals surface area contributed by atoms with Gasteiger partial charge in [0.15, 0.2) is 22.9 Å². The summed E-state index contributed by atoms with van der Waals surface area (Å²) in [6, 6.07) is 5.65. The number of fused-ring (bicyclic) bond motifs is 2. The number of nitrogens with one attached hydrogen (secondary N) is 1. The number of aromatic nitrogens is 4. The predicted molar refractivity (Wildman–Crippen MR) is 125 cm³/mol. The molecule has 0 bridgehead atoms. The number of benzene rings is 1. The largest absolute Gasteiger partial charge is 0.479 e. The quantitative estimate of drug-likeness (QED) is 0.419. The number of rotatable bonds is 6. The molecule has 10 heteroatoms. The molecule has 1 aliphatic rings. The topological polar surface area (TPSA) is 102 Å². The molecule has 1 aromatic carbocycles. The Labute approximate surface area is 199 Å². The Morgan fingerprint density at radius 1 is 1.34 bits per heavy atom. The van der Waals surface area contributed by atoms with Gasteiger partial charge in [-0.2, -0.15) is 5.10 Å². The molecule has 0 aliphatic carbocycles. The van der Waals surface area contributed by atoms with Gasteiger partial charge in [-0.25, -0.2) is 18.6 Å². The summed E-state index contributed by atoms with van der Waals surface area (Å²) < 4.78 is 41.4. The lowest BCUT2D eigenvalue weighted by Crippen LogP contribution is -2.34. The molecule has 35 heavy (non-hydrogen) atoms. The fraction of sp³-hybridized carbons (Fsp3) is 0.400. The van der Waals surface area contributed by atoms with Crippen LogP contribution in [0.5, 0.6) is 0 Å². The molecular formula is C25H26F2N4O4. The van der Waals surface area contributed by atoms with E-state index in [0.717, 1.165) is 28.8 Å². The van der Waals surface area contributed by atoms with Gasteiger partial charge < -0.3 is 19.1 Å². The number of carboxylic acids is 1. The van der Waals surface area contributed by atoms with Crippen molar-refractivity contribution < 1.29 is 28.2 Å². The normalized spacial score (nSPS) is 20.8. The number of nitrogens with zero attached hydrogens (tertiary/aromatic N) is 3. The van der Waals surface area contributed by atoms with Crippen LogP contribution >= 0.6 is 0 Å². The number of hydrogen-bond donors (Lipinski definition) is 2. The average Bonchev–Trinajstić information content (AvgIpc) is 3.50. The van der Waals surface area contributed by atoms with Gasteiger partial charge in [0, 0.05) is 46.8 Å². The van der Waals surface area contributed by atoms with Gasteiger partial charge in [0.25, 0.3) is 0 Å². The van der Waals surface area contributed by atoms with E-state index in [-0.39, 0.29) is 18.9 Å². The van der Waals surface area contributed by atoms with E-state index in [2.05, 4.69) is 10.2 Å². The van der Waals surface area contributed by atoms with Crippen LogP contribution in [-0.2, 0) is 19.7 Å². The molecule has 8 nitrogen and oxygen atoms in total. The lowest BCUT2D eigenvalue weighted by atomic mass is 9.81. The molecule has 0 saturated carbocycles. The Bertz CT molecular complexity index is 1460. The van der Waals surface area contributed by atoms with Crippen LogP contribution in [0.4, 0.5) is 8.78 Å². The number of carboxylic acid groups (broad SMARTS) is 1. The summed E-state index contributed by atoms with van der Waals surface area (Å²) in [4.78, 5) is 16.8. The summed E-state index contributed by atoms with van der Waals surface area (Å²) in [7, 11) is 1.60. The summed E-state index contributed by atoms with van der Waals surface area (Å²) in [6.45, 7) is 6.04. The van der Waals surface area contributed by atoms with E-state index >= 15 is 0 Å². The summed E-state index contributed by atoms with van der Waals surface area (Å²) in [5.41, 5.74) is 1.90. The molecule has 0 spiro atoms. The molecule has 2 atom stereocenters. The van der Waals surface area contributed by atoms with Crippen LogP contribution in [0.25, 0.3) is 27.8 Å². The van der Waals surface area contributed by atoms with Crippen molar-refractivity contribution in [2.75, 3.05) is 20.3 Å². The maximum absolute atomic E-state index is 14.4. The summed E-state index contributed by atoms with van der Waals surface area (Å²) in [6.07, 6.45) is 1.88. The van der Waals surface area contributed by atoms with Crippen LogP contribution in [0.2, 0.25) is 0 Å². The summed E-state index contributed by atoms with van der Waals surface area (Å²) in [5.74, 6) is -3.25. The minimum atomic E-state index is -1.35. The van der Waals surface area contributed by atoms with Crippen LogP contribution in [0.1, 0.15) is 44.4 Å². The second kappa shape index (κ2) is 8.10. The number of aromatic amines is 1. The van der Waals surface area contributed by atoms with E-state index in [1.165, 1.54) is 6.07 Å². The molecule has 0 unspecified atom stereocenters. The number of ether oxygens (including phenoxy) is 2. The van der Waals surface area contributed by atoms with Crippen LogP contribution in [-0.4, -0.2) is 56.7 Å². The van der Waals surface area contributed by atoms with Crippen LogP contribution in [0, 0.1) is 11.6 Å².